The fraction of sp³-hybridized carbons (Fsp3) is 0.476. The molecule has 1 saturated heterocycles. The number of ketones is 3. The first kappa shape index (κ1) is 40.0. The van der Waals surface area contributed by atoms with Crippen LogP contribution in [0.3, 0.4) is 0 Å². The zero-order valence-corrected chi connectivity index (χ0v) is 31.7. The second-order valence-electron chi connectivity index (χ2n) is 15.3. The normalized spacial score (nSPS) is 24.7. The Morgan fingerprint density at radius 3 is 2.40 bits per heavy atom. The summed E-state index contributed by atoms with van der Waals surface area (Å²) in [5, 5.41) is 50.7. The molecule has 2 aliphatic carbocycles. The number of unbranched alkanes of at least 4 members (excludes halogenated alkanes) is 1. The first-order chi connectivity index (χ1) is 26.1. The monoisotopic (exact) mass is 759 g/mol. The molecule has 1 aliphatic heterocycles. The van der Waals surface area contributed by atoms with Crippen LogP contribution in [-0.4, -0.2) is 87.1 Å². The van der Waals surface area contributed by atoms with Crippen molar-refractivity contribution in [3.05, 3.63) is 87.5 Å². The highest BCUT2D eigenvalue weighted by molar-refractivity contribution is 6.31. The Hall–Kier alpha value is -4.66. The second kappa shape index (κ2) is 15.8. The third kappa shape index (κ3) is 7.64. The lowest BCUT2D eigenvalue weighted by Crippen LogP contribution is -2.57. The summed E-state index contributed by atoms with van der Waals surface area (Å²) in [4.78, 5) is 54.0. The van der Waals surface area contributed by atoms with Gasteiger partial charge in [0.15, 0.2) is 18.7 Å². The molecule has 0 saturated carbocycles. The van der Waals surface area contributed by atoms with Gasteiger partial charge in [0, 0.05) is 60.4 Å². The quantitative estimate of drug-likeness (QED) is 0.0938. The second-order valence-corrected chi connectivity index (χ2v) is 15.3. The number of fused-ring (bicyclic) bond motifs is 3. The summed E-state index contributed by atoms with van der Waals surface area (Å²) in [6, 6.07) is 14.2. The maximum absolute atomic E-state index is 14.1. The molecule has 0 unspecified atom stereocenters. The number of benzene rings is 3. The van der Waals surface area contributed by atoms with E-state index in [4.69, 9.17) is 18.9 Å². The van der Waals surface area contributed by atoms with Crippen LogP contribution in [0.1, 0.15) is 114 Å². The lowest BCUT2D eigenvalue weighted by atomic mass is 9.71. The van der Waals surface area contributed by atoms with Gasteiger partial charge in [0.2, 0.25) is 11.6 Å². The minimum Gasteiger partial charge on any atom is -0.507 e. The van der Waals surface area contributed by atoms with Gasteiger partial charge in [0.05, 0.1) is 42.1 Å². The van der Waals surface area contributed by atoms with Gasteiger partial charge in [-0.05, 0) is 38.8 Å². The SMILES string of the molecule is CCCCC(=O)OCC(=O)[C@]1(O)Cc2c(O)c3c(c(O)c2[C@@H](O[C@H]2C[C@@H](C(C)(C)NCc4ccccc4)[C@H](O)[C@H](C)O2)C1)C(=O)c1c(OC)cccc1C3=O. The number of carbonyl (C=O) groups excluding carboxylic acids is 4. The summed E-state index contributed by atoms with van der Waals surface area (Å²) < 4.78 is 23.2. The van der Waals surface area contributed by atoms with Crippen LogP contribution in [-0.2, 0) is 36.8 Å². The van der Waals surface area contributed by atoms with Crippen LogP contribution in [0, 0.1) is 5.92 Å². The lowest BCUT2D eigenvalue weighted by Gasteiger charge is -2.47. The van der Waals surface area contributed by atoms with Crippen molar-refractivity contribution in [2.45, 2.75) is 109 Å². The van der Waals surface area contributed by atoms with E-state index in [1.807, 2.05) is 51.1 Å². The number of carbonyl (C=O) groups is 4. The first-order valence-corrected chi connectivity index (χ1v) is 18.7. The molecule has 13 heteroatoms. The van der Waals surface area contributed by atoms with Gasteiger partial charge in [-0.1, -0.05) is 55.8 Å². The smallest absolute Gasteiger partial charge is 0.306 e. The molecule has 3 aromatic carbocycles. The van der Waals surface area contributed by atoms with Crippen LogP contribution >= 0.6 is 0 Å². The van der Waals surface area contributed by atoms with Crippen molar-refractivity contribution in [1.82, 2.24) is 5.32 Å². The number of nitrogens with one attached hydrogen (secondary N) is 1. The summed E-state index contributed by atoms with van der Waals surface area (Å²) in [5.74, 6) is -4.75. The number of hydrogen-bond donors (Lipinski definition) is 5. The molecular formula is C42H49NO12. The highest BCUT2D eigenvalue weighted by Crippen LogP contribution is 2.53. The van der Waals surface area contributed by atoms with E-state index in [9.17, 15) is 39.6 Å². The molecular weight excluding hydrogens is 710 g/mol. The Bertz CT molecular complexity index is 1980. The van der Waals surface area contributed by atoms with E-state index >= 15 is 0 Å². The maximum Gasteiger partial charge on any atom is 0.306 e. The third-order valence-electron chi connectivity index (χ3n) is 11.2. The van der Waals surface area contributed by atoms with E-state index in [2.05, 4.69) is 5.32 Å². The lowest BCUT2D eigenvalue weighted by molar-refractivity contribution is -0.263. The van der Waals surface area contributed by atoms with E-state index in [1.54, 1.807) is 6.92 Å². The molecule has 6 atom stereocenters. The number of rotatable bonds is 13. The minimum atomic E-state index is -2.31. The van der Waals surface area contributed by atoms with E-state index < -0.39 is 107 Å². The van der Waals surface area contributed by atoms with E-state index in [1.165, 1.54) is 25.3 Å². The van der Waals surface area contributed by atoms with E-state index in [-0.39, 0.29) is 40.8 Å². The number of esters is 1. The first-order valence-electron chi connectivity index (χ1n) is 18.7. The summed E-state index contributed by atoms with van der Waals surface area (Å²) in [7, 11) is 1.34. The number of hydrogen-bond acceptors (Lipinski definition) is 13. The van der Waals surface area contributed by atoms with Crippen molar-refractivity contribution >= 4 is 23.3 Å². The van der Waals surface area contributed by atoms with Crippen LogP contribution in [0.2, 0.25) is 0 Å². The Morgan fingerprint density at radius 1 is 1.00 bits per heavy atom. The molecule has 0 amide bonds. The Labute approximate surface area is 319 Å². The number of ether oxygens (including phenoxy) is 4. The molecule has 55 heavy (non-hydrogen) atoms. The van der Waals surface area contributed by atoms with Crippen LogP contribution in [0.5, 0.6) is 17.2 Å². The number of aromatic hydroxyl groups is 2. The molecule has 0 radical (unpaired) electrons. The Kier molecular flexibility index (Phi) is 11.5. The van der Waals surface area contributed by atoms with Gasteiger partial charge in [-0.15, -0.1) is 0 Å². The van der Waals surface area contributed by atoms with Crippen LogP contribution in [0.4, 0.5) is 0 Å². The molecule has 294 valence electrons. The number of aliphatic hydroxyl groups is 2. The van der Waals surface area contributed by atoms with Gasteiger partial charge in [-0.2, -0.15) is 0 Å². The van der Waals surface area contributed by atoms with Crippen molar-refractivity contribution < 1.29 is 58.6 Å². The summed E-state index contributed by atoms with van der Waals surface area (Å²) in [5.41, 5.74) is -3.30. The van der Waals surface area contributed by atoms with E-state index in [0.717, 1.165) is 12.0 Å². The zero-order chi connectivity index (χ0) is 39.8. The predicted octanol–water partition coefficient (Wildman–Crippen LogP) is 4.60. The van der Waals surface area contributed by atoms with Crippen molar-refractivity contribution in [1.29, 1.82) is 0 Å². The molecule has 5 N–H and O–H groups in total. The zero-order valence-electron chi connectivity index (χ0n) is 31.7. The molecule has 1 heterocycles. The molecule has 0 aromatic heterocycles. The minimum absolute atomic E-state index is 0.0573. The molecule has 13 nitrogen and oxygen atoms in total. The van der Waals surface area contributed by atoms with Gasteiger partial charge < -0.3 is 44.7 Å². The number of Topliss-reactive ketones (excluding diaryl/α,β-unsaturated/α-hetero) is 1. The van der Waals surface area contributed by atoms with Crippen LogP contribution in [0.25, 0.3) is 0 Å². The predicted molar refractivity (Wildman–Crippen MR) is 198 cm³/mol. The van der Waals surface area contributed by atoms with Crippen molar-refractivity contribution in [3.8, 4) is 17.2 Å². The Morgan fingerprint density at radius 2 is 1.71 bits per heavy atom. The Balaban J connectivity index is 1.38. The standard InChI is InChI=1S/C42H49NO12/c1-6-7-16-30(45)53-21-29(44)42(51)18-25-33(40(50)35-34(38(25)48)37(47)24-14-11-15-27(52-5)32(24)39(35)49)28(19-42)55-31-17-26(36(46)22(2)54-31)41(3,4)43-20-23-12-9-8-10-13-23/h8-15,22,26,28,31,36,43,46,48,50-51H,6-7,16-21H2,1-5H3/t22-,26+,28-,31-,36+,42-/m0/s1. The maximum atomic E-state index is 14.1. The average molecular weight is 760 g/mol. The molecule has 0 spiro atoms. The fourth-order valence-corrected chi connectivity index (χ4v) is 8.02. The van der Waals surface area contributed by atoms with Gasteiger partial charge in [0.25, 0.3) is 0 Å². The van der Waals surface area contributed by atoms with Gasteiger partial charge in [-0.25, -0.2) is 0 Å². The van der Waals surface area contributed by atoms with Gasteiger partial charge in [0.1, 0.15) is 22.8 Å². The topological polar surface area (TPSA) is 198 Å². The van der Waals surface area contributed by atoms with Crippen molar-refractivity contribution in [2.75, 3.05) is 13.7 Å². The molecule has 3 aliphatic rings. The summed E-state index contributed by atoms with van der Waals surface area (Å²) >= 11 is 0. The van der Waals surface area contributed by atoms with Crippen molar-refractivity contribution in [3.63, 3.8) is 0 Å². The highest BCUT2D eigenvalue weighted by Gasteiger charge is 2.51. The van der Waals surface area contributed by atoms with E-state index in [0.29, 0.717) is 13.0 Å². The number of phenols is 2. The van der Waals surface area contributed by atoms with Gasteiger partial charge >= 0.3 is 5.97 Å². The largest absolute Gasteiger partial charge is 0.507 e. The summed E-state index contributed by atoms with van der Waals surface area (Å²) in [6.45, 7) is 7.26. The fourth-order valence-electron chi connectivity index (χ4n) is 8.02. The van der Waals surface area contributed by atoms with Crippen LogP contribution in [0.15, 0.2) is 48.5 Å². The third-order valence-corrected chi connectivity index (χ3v) is 11.2. The number of aliphatic hydroxyl groups excluding tert-OH is 1. The molecule has 3 aromatic rings. The molecule has 0 bridgehead atoms. The number of phenolic OH excluding ortho intramolecular Hbond substituents is 2. The highest BCUT2D eigenvalue weighted by atomic mass is 16.7. The average Bonchev–Trinajstić information content (AvgIpc) is 3.16. The van der Waals surface area contributed by atoms with Crippen molar-refractivity contribution in [2.24, 2.45) is 5.92 Å². The molecule has 6 rings (SSSR count). The van der Waals surface area contributed by atoms with Crippen LogP contribution < -0.4 is 10.1 Å². The number of methoxy groups -OCH3 is 1. The molecule has 1 fully saturated rings. The summed E-state index contributed by atoms with van der Waals surface area (Å²) in [6.07, 6.45) is -3.69. The van der Waals surface area contributed by atoms with Gasteiger partial charge in [-0.3, -0.25) is 19.2 Å².